The van der Waals surface area contributed by atoms with Gasteiger partial charge in [0.25, 0.3) is 11.8 Å². The van der Waals surface area contributed by atoms with Crippen LogP contribution in [0.4, 0.5) is 19.4 Å². The Labute approximate surface area is 196 Å². The van der Waals surface area contributed by atoms with Crippen molar-refractivity contribution in [3.05, 3.63) is 65.4 Å². The minimum Gasteiger partial charge on any atom is -0.480 e. The van der Waals surface area contributed by atoms with E-state index in [1.807, 2.05) is 48.5 Å². The van der Waals surface area contributed by atoms with Gasteiger partial charge >= 0.3 is 12.1 Å². The van der Waals surface area contributed by atoms with Crippen molar-refractivity contribution in [2.24, 2.45) is 0 Å². The summed E-state index contributed by atoms with van der Waals surface area (Å²) in [6, 6.07) is 13.7. The first-order valence-electron chi connectivity index (χ1n) is 10.6. The molecule has 0 saturated carbocycles. The Morgan fingerprint density at radius 3 is 2.34 bits per heavy atom. The van der Waals surface area contributed by atoms with E-state index in [9.17, 15) is 28.3 Å². The number of anilines is 1. The fraction of sp³-hybridized carbons (Fsp3) is 0.261. The molecule has 2 aromatic carbocycles. The van der Waals surface area contributed by atoms with Crippen molar-refractivity contribution >= 4 is 23.8 Å². The summed E-state index contributed by atoms with van der Waals surface area (Å²) in [6.07, 6.45) is -2.01. The van der Waals surface area contributed by atoms with Crippen molar-refractivity contribution in [2.75, 3.05) is 18.5 Å². The molecule has 1 atom stereocenters. The first-order valence-corrected chi connectivity index (χ1v) is 10.6. The number of alkyl halides is 2. The molecule has 0 unspecified atom stereocenters. The lowest BCUT2D eigenvalue weighted by molar-refractivity contribution is -0.141. The highest BCUT2D eigenvalue weighted by molar-refractivity contribution is 6.01. The number of hydrogen-bond donors (Lipinski definition) is 2. The van der Waals surface area contributed by atoms with Crippen LogP contribution in [0.3, 0.4) is 0 Å². The second kappa shape index (κ2) is 8.46. The van der Waals surface area contributed by atoms with Crippen LogP contribution in [-0.4, -0.2) is 63.4 Å². The summed E-state index contributed by atoms with van der Waals surface area (Å²) in [5.41, 5.74) is 3.47. The number of ether oxygens (including phenoxy) is 1. The summed E-state index contributed by atoms with van der Waals surface area (Å²) in [5.74, 6) is -6.81. The van der Waals surface area contributed by atoms with Crippen LogP contribution in [0.25, 0.3) is 11.1 Å². The van der Waals surface area contributed by atoms with Gasteiger partial charge in [0.15, 0.2) is 0 Å². The maximum absolute atomic E-state index is 13.8. The molecule has 2 aliphatic rings. The zero-order valence-corrected chi connectivity index (χ0v) is 18.0. The van der Waals surface area contributed by atoms with Gasteiger partial charge in [0.1, 0.15) is 12.6 Å². The van der Waals surface area contributed by atoms with E-state index in [-0.39, 0.29) is 12.5 Å². The molecule has 0 radical (unpaired) electrons. The molecule has 0 bridgehead atoms. The number of benzene rings is 2. The van der Waals surface area contributed by atoms with Gasteiger partial charge in [-0.15, -0.1) is 0 Å². The van der Waals surface area contributed by atoms with Crippen molar-refractivity contribution in [1.82, 2.24) is 15.2 Å². The largest absolute Gasteiger partial charge is 0.480 e. The zero-order valence-electron chi connectivity index (χ0n) is 18.0. The lowest BCUT2D eigenvalue weighted by Crippen LogP contribution is -2.41. The molecule has 1 saturated heterocycles. The molecule has 2 heterocycles. The highest BCUT2D eigenvalue weighted by atomic mass is 19.3. The minimum atomic E-state index is -3.38. The molecule has 1 fully saturated rings. The van der Waals surface area contributed by atoms with Crippen LogP contribution in [-0.2, 0) is 9.53 Å². The molecule has 0 spiro atoms. The molecule has 35 heavy (non-hydrogen) atoms. The summed E-state index contributed by atoms with van der Waals surface area (Å²) in [7, 11) is 0. The minimum absolute atomic E-state index is 0.0200. The molecule has 180 valence electrons. The fourth-order valence-corrected chi connectivity index (χ4v) is 4.53. The van der Waals surface area contributed by atoms with Gasteiger partial charge in [-0.25, -0.2) is 23.0 Å². The third-order valence-electron chi connectivity index (χ3n) is 6.07. The zero-order chi connectivity index (χ0) is 24.7. The van der Waals surface area contributed by atoms with Crippen LogP contribution >= 0.6 is 0 Å². The number of aliphatic carboxylic acids is 1. The quantitative estimate of drug-likeness (QED) is 0.563. The van der Waals surface area contributed by atoms with E-state index >= 15 is 0 Å². The number of fused-ring (bicyclic) bond motifs is 3. The molecule has 3 aromatic rings. The van der Waals surface area contributed by atoms with E-state index < -0.39 is 54.4 Å². The molecule has 5 rings (SSSR count). The number of carbonyl (C=O) groups excluding carboxylic acids is 2. The third kappa shape index (κ3) is 4.07. The summed E-state index contributed by atoms with van der Waals surface area (Å²) in [4.78, 5) is 37.0. The summed E-state index contributed by atoms with van der Waals surface area (Å²) >= 11 is 0. The number of carboxylic acids is 1. The van der Waals surface area contributed by atoms with E-state index in [1.54, 1.807) is 0 Å². The molecule has 1 aliphatic carbocycles. The number of hydrogen-bond acceptors (Lipinski definition) is 7. The maximum atomic E-state index is 13.8. The standard InChI is InChI=1S/C23H18F2N4O6/c24-23(25)9-17(21(31)32)29(11-23)20(30)18-19(28-35-27-18)26-22(33)34-10-16-14-7-3-1-5-12(14)13-6-2-4-8-15(13)16/h1-8,16-17H,9-11H2,(H,31,32)(H,26,28,33)/t17-/m0/s1. The van der Waals surface area contributed by atoms with Gasteiger partial charge in [0.2, 0.25) is 11.5 Å². The molecule has 2 N–H and O–H groups in total. The van der Waals surface area contributed by atoms with Crippen LogP contribution in [0.2, 0.25) is 0 Å². The summed E-state index contributed by atoms with van der Waals surface area (Å²) in [5, 5.41) is 18.2. The van der Waals surface area contributed by atoms with Crippen LogP contribution in [0.15, 0.2) is 53.2 Å². The molecular weight excluding hydrogens is 466 g/mol. The number of likely N-dealkylation sites (tertiary alicyclic amines) is 1. The normalized spacial score (nSPS) is 18.1. The molecule has 2 amide bonds. The van der Waals surface area contributed by atoms with Gasteiger partial charge in [-0.2, -0.15) is 0 Å². The van der Waals surface area contributed by atoms with Gasteiger partial charge in [0.05, 0.1) is 6.54 Å². The van der Waals surface area contributed by atoms with Gasteiger partial charge in [-0.3, -0.25) is 10.1 Å². The number of carboxylic acid groups (broad SMARTS) is 1. The fourth-order valence-electron chi connectivity index (χ4n) is 4.53. The Balaban J connectivity index is 1.28. The van der Waals surface area contributed by atoms with E-state index in [1.165, 1.54) is 0 Å². The van der Waals surface area contributed by atoms with Crippen LogP contribution in [0, 0.1) is 0 Å². The second-order valence-electron chi connectivity index (χ2n) is 8.26. The SMILES string of the molecule is O=C(Nc1nonc1C(=O)N1CC(F)(F)C[C@H]1C(=O)O)OCC1c2ccccc2-c2ccccc21. The van der Waals surface area contributed by atoms with Crippen molar-refractivity contribution in [1.29, 1.82) is 0 Å². The van der Waals surface area contributed by atoms with E-state index in [0.717, 1.165) is 22.3 Å². The Bertz CT molecular complexity index is 1280. The molecule has 1 aromatic heterocycles. The van der Waals surface area contributed by atoms with Gasteiger partial charge in [-0.05, 0) is 32.6 Å². The predicted molar refractivity (Wildman–Crippen MR) is 115 cm³/mol. The molecule has 12 heteroatoms. The number of nitrogens with zero attached hydrogens (tertiary/aromatic N) is 3. The highest BCUT2D eigenvalue weighted by Crippen LogP contribution is 2.44. The van der Waals surface area contributed by atoms with Crippen molar-refractivity contribution in [3.8, 4) is 11.1 Å². The number of nitrogens with one attached hydrogen (secondary N) is 1. The van der Waals surface area contributed by atoms with E-state index in [4.69, 9.17) is 4.74 Å². The van der Waals surface area contributed by atoms with Crippen LogP contribution < -0.4 is 5.32 Å². The number of carbonyl (C=O) groups is 3. The number of rotatable bonds is 5. The molecular formula is C23H18F2N4O6. The average molecular weight is 484 g/mol. The Morgan fingerprint density at radius 1 is 1.09 bits per heavy atom. The lowest BCUT2D eigenvalue weighted by Gasteiger charge is -2.19. The second-order valence-corrected chi connectivity index (χ2v) is 8.26. The van der Waals surface area contributed by atoms with Gasteiger partial charge in [0, 0.05) is 12.3 Å². The van der Waals surface area contributed by atoms with Crippen LogP contribution in [0.5, 0.6) is 0 Å². The lowest BCUT2D eigenvalue weighted by atomic mass is 9.98. The average Bonchev–Trinajstić information content (AvgIpc) is 3.51. The number of halogens is 2. The number of aromatic nitrogens is 2. The maximum Gasteiger partial charge on any atom is 0.412 e. The van der Waals surface area contributed by atoms with E-state index in [2.05, 4.69) is 20.3 Å². The molecule has 1 aliphatic heterocycles. The third-order valence-corrected chi connectivity index (χ3v) is 6.07. The van der Waals surface area contributed by atoms with Gasteiger partial charge < -0.3 is 14.7 Å². The van der Waals surface area contributed by atoms with Crippen molar-refractivity contribution < 1.29 is 37.6 Å². The Morgan fingerprint density at radius 2 is 1.71 bits per heavy atom. The summed E-state index contributed by atoms with van der Waals surface area (Å²) < 4.78 is 37.4. The first kappa shape index (κ1) is 22.4. The van der Waals surface area contributed by atoms with Crippen molar-refractivity contribution in [2.45, 2.75) is 24.3 Å². The molecule has 10 nitrogen and oxygen atoms in total. The van der Waals surface area contributed by atoms with Crippen molar-refractivity contribution in [3.63, 3.8) is 0 Å². The van der Waals surface area contributed by atoms with Gasteiger partial charge in [-0.1, -0.05) is 48.5 Å². The van der Waals surface area contributed by atoms with E-state index in [0.29, 0.717) is 4.90 Å². The predicted octanol–water partition coefficient (Wildman–Crippen LogP) is 3.37. The highest BCUT2D eigenvalue weighted by Gasteiger charge is 2.51. The Kier molecular flexibility index (Phi) is 5.42. The smallest absolute Gasteiger partial charge is 0.412 e. The number of amides is 2. The summed E-state index contributed by atoms with van der Waals surface area (Å²) in [6.45, 7) is -1.13. The van der Waals surface area contributed by atoms with Crippen LogP contribution in [0.1, 0.15) is 34.0 Å². The topological polar surface area (TPSA) is 135 Å². The Hall–Kier alpha value is -4.35. The first-order chi connectivity index (χ1) is 16.7. The monoisotopic (exact) mass is 484 g/mol.